The lowest BCUT2D eigenvalue weighted by Gasteiger charge is -1.96. The van der Waals surface area contributed by atoms with Crippen LogP contribution in [0.3, 0.4) is 0 Å². The van der Waals surface area contributed by atoms with Crippen molar-refractivity contribution in [1.29, 1.82) is 0 Å². The van der Waals surface area contributed by atoms with Crippen LogP contribution >= 0.6 is 11.5 Å². The molecule has 0 aliphatic heterocycles. The van der Waals surface area contributed by atoms with Crippen molar-refractivity contribution >= 4 is 16.7 Å². The zero-order valence-electron chi connectivity index (χ0n) is 9.36. The van der Waals surface area contributed by atoms with Gasteiger partial charge in [-0.25, -0.2) is 4.98 Å². The van der Waals surface area contributed by atoms with Crippen LogP contribution in [0.4, 0.5) is 5.13 Å². The molecule has 5 nitrogen and oxygen atoms in total. The molecule has 0 fully saturated rings. The molecular formula is C10H14N4OS. The predicted molar refractivity (Wildman–Crippen MR) is 62.5 cm³/mol. The van der Waals surface area contributed by atoms with Gasteiger partial charge in [0.25, 0.3) is 0 Å². The van der Waals surface area contributed by atoms with Gasteiger partial charge in [0.15, 0.2) is 0 Å². The Hall–Kier alpha value is -1.43. The monoisotopic (exact) mass is 238 g/mol. The molecule has 2 aromatic rings. The second-order valence-electron chi connectivity index (χ2n) is 3.55. The SMILES string of the molecule is CCCc1nsc(NCc2cc(C)on2)n1. The van der Waals surface area contributed by atoms with Crippen LogP contribution in [0, 0.1) is 6.92 Å². The van der Waals surface area contributed by atoms with Crippen molar-refractivity contribution in [2.24, 2.45) is 0 Å². The first-order chi connectivity index (χ1) is 7.78. The van der Waals surface area contributed by atoms with Gasteiger partial charge in [0.2, 0.25) is 5.13 Å². The van der Waals surface area contributed by atoms with Gasteiger partial charge in [-0.3, -0.25) is 0 Å². The number of aromatic nitrogens is 3. The van der Waals surface area contributed by atoms with E-state index in [1.807, 2.05) is 13.0 Å². The fraction of sp³-hybridized carbons (Fsp3) is 0.500. The fourth-order valence-corrected chi connectivity index (χ4v) is 1.93. The molecule has 0 saturated carbocycles. The minimum Gasteiger partial charge on any atom is -0.361 e. The molecule has 0 aromatic carbocycles. The van der Waals surface area contributed by atoms with Crippen molar-refractivity contribution in [3.8, 4) is 0 Å². The van der Waals surface area contributed by atoms with Crippen LogP contribution in [0.25, 0.3) is 0 Å². The summed E-state index contributed by atoms with van der Waals surface area (Å²) in [6.07, 6.45) is 2.00. The smallest absolute Gasteiger partial charge is 0.202 e. The highest BCUT2D eigenvalue weighted by Crippen LogP contribution is 2.13. The summed E-state index contributed by atoms with van der Waals surface area (Å²) in [6, 6.07) is 1.90. The summed E-state index contributed by atoms with van der Waals surface area (Å²) in [4.78, 5) is 4.36. The van der Waals surface area contributed by atoms with E-state index in [-0.39, 0.29) is 0 Å². The molecule has 0 aliphatic rings. The van der Waals surface area contributed by atoms with Gasteiger partial charge >= 0.3 is 0 Å². The number of anilines is 1. The lowest BCUT2D eigenvalue weighted by molar-refractivity contribution is 0.391. The van der Waals surface area contributed by atoms with E-state index in [0.29, 0.717) is 6.54 Å². The van der Waals surface area contributed by atoms with E-state index in [9.17, 15) is 0 Å². The van der Waals surface area contributed by atoms with Gasteiger partial charge in [-0.1, -0.05) is 12.1 Å². The average molecular weight is 238 g/mol. The van der Waals surface area contributed by atoms with Crippen LogP contribution in [0.15, 0.2) is 10.6 Å². The summed E-state index contributed by atoms with van der Waals surface area (Å²) in [6.45, 7) is 4.62. The normalized spacial score (nSPS) is 10.6. The summed E-state index contributed by atoms with van der Waals surface area (Å²) in [7, 11) is 0. The largest absolute Gasteiger partial charge is 0.361 e. The Morgan fingerprint density at radius 1 is 1.50 bits per heavy atom. The van der Waals surface area contributed by atoms with Gasteiger partial charge in [-0.05, 0) is 13.3 Å². The van der Waals surface area contributed by atoms with Crippen molar-refractivity contribution in [3.05, 3.63) is 23.3 Å². The lowest BCUT2D eigenvalue weighted by Crippen LogP contribution is -1.99. The first-order valence-corrected chi connectivity index (χ1v) is 6.04. The zero-order chi connectivity index (χ0) is 11.4. The third-order valence-electron chi connectivity index (χ3n) is 2.04. The molecule has 0 spiro atoms. The molecule has 0 aliphatic carbocycles. The Bertz CT molecular complexity index is 451. The Balaban J connectivity index is 1.89. The summed E-state index contributed by atoms with van der Waals surface area (Å²) >= 11 is 1.38. The van der Waals surface area contributed by atoms with Gasteiger partial charge < -0.3 is 9.84 Å². The summed E-state index contributed by atoms with van der Waals surface area (Å²) in [5, 5.41) is 7.91. The number of hydrogen-bond acceptors (Lipinski definition) is 6. The zero-order valence-corrected chi connectivity index (χ0v) is 10.2. The van der Waals surface area contributed by atoms with E-state index in [2.05, 4.69) is 26.8 Å². The highest BCUT2D eigenvalue weighted by Gasteiger charge is 2.04. The van der Waals surface area contributed by atoms with Crippen molar-refractivity contribution in [3.63, 3.8) is 0 Å². The first kappa shape index (κ1) is 11.1. The number of nitrogens with one attached hydrogen (secondary N) is 1. The minimum atomic E-state index is 0.623. The van der Waals surface area contributed by atoms with E-state index >= 15 is 0 Å². The van der Waals surface area contributed by atoms with E-state index in [0.717, 1.165) is 35.3 Å². The second kappa shape index (κ2) is 5.07. The van der Waals surface area contributed by atoms with Gasteiger partial charge in [0.1, 0.15) is 17.3 Å². The van der Waals surface area contributed by atoms with E-state index in [4.69, 9.17) is 4.52 Å². The third-order valence-corrected chi connectivity index (χ3v) is 2.75. The molecule has 0 bridgehead atoms. The Morgan fingerprint density at radius 2 is 2.38 bits per heavy atom. The molecule has 16 heavy (non-hydrogen) atoms. The Morgan fingerprint density at radius 3 is 3.06 bits per heavy atom. The summed E-state index contributed by atoms with van der Waals surface area (Å²) in [5.74, 6) is 1.73. The van der Waals surface area contributed by atoms with Crippen molar-refractivity contribution < 1.29 is 4.52 Å². The lowest BCUT2D eigenvalue weighted by atomic mass is 10.3. The van der Waals surface area contributed by atoms with E-state index < -0.39 is 0 Å². The molecule has 2 rings (SSSR count). The Labute approximate surface area is 98.0 Å². The van der Waals surface area contributed by atoms with Crippen molar-refractivity contribution in [2.45, 2.75) is 33.2 Å². The van der Waals surface area contributed by atoms with Gasteiger partial charge in [-0.15, -0.1) is 0 Å². The average Bonchev–Trinajstić information content (AvgIpc) is 2.85. The van der Waals surface area contributed by atoms with Crippen LogP contribution in [0.5, 0.6) is 0 Å². The summed E-state index contributed by atoms with van der Waals surface area (Å²) < 4.78 is 9.22. The van der Waals surface area contributed by atoms with Crippen molar-refractivity contribution in [1.82, 2.24) is 14.5 Å². The van der Waals surface area contributed by atoms with E-state index in [1.165, 1.54) is 11.5 Å². The van der Waals surface area contributed by atoms with Crippen LogP contribution in [0.2, 0.25) is 0 Å². The number of hydrogen-bond donors (Lipinski definition) is 1. The van der Waals surface area contributed by atoms with Gasteiger partial charge in [0, 0.05) is 24.0 Å². The maximum atomic E-state index is 4.97. The topological polar surface area (TPSA) is 63.8 Å². The standard InChI is InChI=1S/C10H14N4OS/c1-3-4-9-12-10(16-14-9)11-6-8-5-7(2)15-13-8/h5H,3-4,6H2,1-2H3,(H,11,12,14). The van der Waals surface area contributed by atoms with Crippen LogP contribution in [0.1, 0.15) is 30.6 Å². The van der Waals surface area contributed by atoms with E-state index in [1.54, 1.807) is 0 Å². The highest BCUT2D eigenvalue weighted by atomic mass is 32.1. The molecule has 0 atom stereocenters. The van der Waals surface area contributed by atoms with Crippen LogP contribution < -0.4 is 5.32 Å². The minimum absolute atomic E-state index is 0.623. The molecular weight excluding hydrogens is 224 g/mol. The summed E-state index contributed by atoms with van der Waals surface area (Å²) in [5.41, 5.74) is 0.879. The molecule has 2 heterocycles. The fourth-order valence-electron chi connectivity index (χ4n) is 1.32. The quantitative estimate of drug-likeness (QED) is 0.866. The molecule has 0 saturated heterocycles. The number of rotatable bonds is 5. The molecule has 2 aromatic heterocycles. The van der Waals surface area contributed by atoms with Crippen LogP contribution in [-0.4, -0.2) is 14.5 Å². The highest BCUT2D eigenvalue weighted by molar-refractivity contribution is 7.09. The second-order valence-corrected chi connectivity index (χ2v) is 4.30. The van der Waals surface area contributed by atoms with Crippen LogP contribution in [-0.2, 0) is 13.0 Å². The number of nitrogens with zero attached hydrogens (tertiary/aromatic N) is 3. The first-order valence-electron chi connectivity index (χ1n) is 5.26. The molecule has 6 heteroatoms. The van der Waals surface area contributed by atoms with Gasteiger partial charge in [-0.2, -0.15) is 4.37 Å². The van der Waals surface area contributed by atoms with Crippen molar-refractivity contribution in [2.75, 3.05) is 5.32 Å². The predicted octanol–water partition coefficient (Wildman–Crippen LogP) is 2.40. The molecule has 0 amide bonds. The maximum absolute atomic E-state index is 4.97. The number of aryl methyl sites for hydroxylation is 2. The molecule has 0 radical (unpaired) electrons. The Kier molecular flexibility index (Phi) is 3.51. The molecule has 0 unspecified atom stereocenters. The third kappa shape index (κ3) is 2.79. The maximum Gasteiger partial charge on any atom is 0.202 e. The molecule has 86 valence electrons. The molecule has 1 N–H and O–H groups in total. The van der Waals surface area contributed by atoms with Gasteiger partial charge in [0.05, 0.1) is 6.54 Å².